The molecule has 0 saturated heterocycles. The van der Waals surface area contributed by atoms with Gasteiger partial charge in [0.25, 0.3) is 0 Å². The average molecular weight is 222 g/mol. The maximum absolute atomic E-state index is 11.1. The van der Waals surface area contributed by atoms with Gasteiger partial charge in [-0.15, -0.1) is 0 Å². The third-order valence-electron chi connectivity index (χ3n) is 1.03. The minimum Gasteiger partial charge on any atom is -0.367 e. The molecule has 1 atom stereocenters. The lowest BCUT2D eigenvalue weighted by Crippen LogP contribution is -2.14. The van der Waals surface area contributed by atoms with Crippen molar-refractivity contribution < 1.29 is 23.3 Å². The number of hydrogen-bond acceptors (Lipinski definition) is 4. The zero-order valence-electron chi connectivity index (χ0n) is 8.52. The number of phosphoric acid groups is 1. The van der Waals surface area contributed by atoms with Crippen LogP contribution in [0.25, 0.3) is 0 Å². The van der Waals surface area contributed by atoms with Crippen LogP contribution < -0.4 is 0 Å². The van der Waals surface area contributed by atoms with Crippen molar-refractivity contribution in [2.75, 3.05) is 6.61 Å². The smallest absolute Gasteiger partial charge is 0.367 e. The van der Waals surface area contributed by atoms with Gasteiger partial charge >= 0.3 is 13.8 Å². The highest BCUT2D eigenvalue weighted by molar-refractivity contribution is 7.48. The van der Waals surface area contributed by atoms with Crippen molar-refractivity contribution in [2.24, 2.45) is 5.41 Å². The molecule has 0 aromatic carbocycles. The first-order valence-corrected chi connectivity index (χ1v) is 5.49. The van der Waals surface area contributed by atoms with Gasteiger partial charge < -0.3 is 4.52 Å². The lowest BCUT2D eigenvalue weighted by molar-refractivity contribution is -0.130. The fourth-order valence-corrected chi connectivity index (χ4v) is 1.36. The van der Waals surface area contributed by atoms with E-state index in [0.29, 0.717) is 0 Å². The van der Waals surface area contributed by atoms with Crippen LogP contribution in [0.15, 0.2) is 12.7 Å². The van der Waals surface area contributed by atoms with Crippen LogP contribution in [0, 0.1) is 5.41 Å². The molecule has 82 valence electrons. The zero-order chi connectivity index (χ0) is 11.4. The predicted octanol–water partition coefficient (Wildman–Crippen LogP) is 1.88. The van der Waals surface area contributed by atoms with Gasteiger partial charge in [0.2, 0.25) is 0 Å². The highest BCUT2D eigenvalue weighted by Crippen LogP contribution is 2.44. The van der Waals surface area contributed by atoms with Crippen LogP contribution in [0.3, 0.4) is 0 Å². The summed E-state index contributed by atoms with van der Waals surface area (Å²) in [4.78, 5) is 19.6. The molecule has 1 unspecified atom stereocenters. The SMILES string of the molecule is C=CC(=O)OP(=O)(O)OCC(C)(C)C. The van der Waals surface area contributed by atoms with Crippen LogP contribution in [0.2, 0.25) is 0 Å². The molecule has 0 amide bonds. The maximum Gasteiger partial charge on any atom is 0.529 e. The fourth-order valence-electron chi connectivity index (χ4n) is 0.453. The number of rotatable bonds is 4. The normalized spacial score (nSPS) is 15.7. The standard InChI is InChI=1S/C8H15O5P/c1-5-7(9)13-14(10,11)12-6-8(2,3)4/h5H,1,6H2,2-4H3,(H,10,11). The highest BCUT2D eigenvalue weighted by atomic mass is 31.2. The summed E-state index contributed by atoms with van der Waals surface area (Å²) in [6, 6.07) is 0. The molecule has 0 rings (SSSR count). The lowest BCUT2D eigenvalue weighted by atomic mass is 9.99. The van der Waals surface area contributed by atoms with Crippen LogP contribution in [0.5, 0.6) is 0 Å². The Balaban J connectivity index is 4.15. The van der Waals surface area contributed by atoms with E-state index in [-0.39, 0.29) is 12.0 Å². The fraction of sp³-hybridized carbons (Fsp3) is 0.625. The van der Waals surface area contributed by atoms with Crippen LogP contribution in [-0.4, -0.2) is 17.5 Å². The van der Waals surface area contributed by atoms with E-state index in [1.807, 2.05) is 20.8 Å². The van der Waals surface area contributed by atoms with E-state index in [0.717, 1.165) is 6.08 Å². The van der Waals surface area contributed by atoms with Crippen molar-refractivity contribution in [3.63, 3.8) is 0 Å². The van der Waals surface area contributed by atoms with E-state index >= 15 is 0 Å². The van der Waals surface area contributed by atoms with E-state index in [4.69, 9.17) is 4.89 Å². The lowest BCUT2D eigenvalue weighted by Gasteiger charge is -2.19. The first-order valence-electron chi connectivity index (χ1n) is 4.00. The molecule has 0 radical (unpaired) electrons. The van der Waals surface area contributed by atoms with Gasteiger partial charge in [-0.1, -0.05) is 27.4 Å². The first kappa shape index (κ1) is 13.4. The number of hydrogen-bond donors (Lipinski definition) is 1. The van der Waals surface area contributed by atoms with Gasteiger partial charge in [0.15, 0.2) is 0 Å². The summed E-state index contributed by atoms with van der Waals surface area (Å²) in [6.45, 7) is 8.58. The molecule has 14 heavy (non-hydrogen) atoms. The Morgan fingerprint density at radius 1 is 1.57 bits per heavy atom. The molecule has 5 nitrogen and oxygen atoms in total. The first-order chi connectivity index (χ1) is 6.16. The summed E-state index contributed by atoms with van der Waals surface area (Å²) >= 11 is 0. The molecule has 0 spiro atoms. The summed E-state index contributed by atoms with van der Waals surface area (Å²) < 4.78 is 19.8. The van der Waals surface area contributed by atoms with Gasteiger partial charge in [-0.3, -0.25) is 9.42 Å². The second-order valence-corrected chi connectivity index (χ2v) is 5.29. The van der Waals surface area contributed by atoms with E-state index < -0.39 is 13.8 Å². The Bertz CT molecular complexity index is 265. The molecular weight excluding hydrogens is 207 g/mol. The number of carbonyl (C=O) groups is 1. The molecular formula is C8H15O5P. The topological polar surface area (TPSA) is 72.8 Å². The molecule has 0 saturated carbocycles. The third kappa shape index (κ3) is 6.83. The molecule has 0 aliphatic heterocycles. The van der Waals surface area contributed by atoms with Crippen molar-refractivity contribution in [1.82, 2.24) is 0 Å². The Hall–Kier alpha value is -0.640. The Morgan fingerprint density at radius 3 is 2.43 bits per heavy atom. The molecule has 0 aliphatic rings. The van der Waals surface area contributed by atoms with E-state index in [2.05, 4.69) is 15.6 Å². The Morgan fingerprint density at radius 2 is 2.07 bits per heavy atom. The summed E-state index contributed by atoms with van der Waals surface area (Å²) in [6.07, 6.45) is 0.795. The summed E-state index contributed by atoms with van der Waals surface area (Å²) in [5, 5.41) is 0. The Kier molecular flexibility index (Phi) is 4.52. The van der Waals surface area contributed by atoms with Gasteiger partial charge in [-0.25, -0.2) is 9.36 Å². The summed E-state index contributed by atoms with van der Waals surface area (Å²) in [5.74, 6) is -0.982. The van der Waals surface area contributed by atoms with Crippen molar-refractivity contribution in [3.05, 3.63) is 12.7 Å². The molecule has 0 aromatic heterocycles. The van der Waals surface area contributed by atoms with Gasteiger partial charge in [0.05, 0.1) is 6.61 Å². The van der Waals surface area contributed by atoms with Crippen molar-refractivity contribution in [3.8, 4) is 0 Å². The van der Waals surface area contributed by atoms with Crippen molar-refractivity contribution in [2.45, 2.75) is 20.8 Å². The van der Waals surface area contributed by atoms with Crippen molar-refractivity contribution >= 4 is 13.8 Å². The van der Waals surface area contributed by atoms with Crippen LogP contribution in [0.4, 0.5) is 0 Å². The predicted molar refractivity (Wildman–Crippen MR) is 51.5 cm³/mol. The van der Waals surface area contributed by atoms with E-state index in [9.17, 15) is 9.36 Å². The molecule has 0 fully saturated rings. The molecule has 6 heteroatoms. The van der Waals surface area contributed by atoms with Crippen LogP contribution >= 0.6 is 7.82 Å². The molecule has 1 N–H and O–H groups in total. The minimum atomic E-state index is -4.28. The van der Waals surface area contributed by atoms with E-state index in [1.54, 1.807) is 0 Å². The second kappa shape index (κ2) is 4.73. The quantitative estimate of drug-likeness (QED) is 0.580. The van der Waals surface area contributed by atoms with E-state index in [1.165, 1.54) is 0 Å². The summed E-state index contributed by atoms with van der Waals surface area (Å²) in [5.41, 5.74) is -0.279. The minimum absolute atomic E-state index is 0.0190. The number of phosphoric ester groups is 1. The second-order valence-electron chi connectivity index (χ2n) is 3.92. The average Bonchev–Trinajstić information content (AvgIpc) is 1.99. The van der Waals surface area contributed by atoms with Gasteiger partial charge in [0.1, 0.15) is 0 Å². The third-order valence-corrected chi connectivity index (χ3v) is 1.90. The number of carbonyl (C=O) groups excluding carboxylic acids is 1. The van der Waals surface area contributed by atoms with Gasteiger partial charge in [0, 0.05) is 6.08 Å². The molecule has 0 aliphatic carbocycles. The van der Waals surface area contributed by atoms with Gasteiger partial charge in [-0.05, 0) is 5.41 Å². The van der Waals surface area contributed by atoms with Crippen LogP contribution in [0.1, 0.15) is 20.8 Å². The monoisotopic (exact) mass is 222 g/mol. The zero-order valence-corrected chi connectivity index (χ0v) is 9.41. The molecule has 0 aromatic rings. The van der Waals surface area contributed by atoms with Crippen LogP contribution in [-0.2, 0) is 18.4 Å². The summed E-state index contributed by atoms with van der Waals surface area (Å²) in [7, 11) is -4.28. The Labute approximate surface area is 83.3 Å². The molecule has 0 heterocycles. The maximum atomic E-state index is 11.1. The largest absolute Gasteiger partial charge is 0.529 e. The van der Waals surface area contributed by atoms with Crippen molar-refractivity contribution in [1.29, 1.82) is 0 Å². The van der Waals surface area contributed by atoms with Gasteiger partial charge in [-0.2, -0.15) is 0 Å². The molecule has 0 bridgehead atoms. The highest BCUT2D eigenvalue weighted by Gasteiger charge is 2.27.